The first-order chi connectivity index (χ1) is 9.17. The van der Waals surface area contributed by atoms with Crippen molar-refractivity contribution >= 4 is 11.6 Å². The van der Waals surface area contributed by atoms with E-state index < -0.39 is 0 Å². The summed E-state index contributed by atoms with van der Waals surface area (Å²) in [5, 5.41) is 2.86. The zero-order chi connectivity index (χ0) is 14.1. The number of hydrogen-bond donors (Lipinski definition) is 2. The third kappa shape index (κ3) is 5.56. The van der Waals surface area contributed by atoms with Gasteiger partial charge in [-0.2, -0.15) is 0 Å². The summed E-state index contributed by atoms with van der Waals surface area (Å²) in [6.07, 6.45) is 1.20. The van der Waals surface area contributed by atoms with Gasteiger partial charge in [0.1, 0.15) is 0 Å². The second kappa shape index (κ2) is 8.30. The van der Waals surface area contributed by atoms with Gasteiger partial charge < -0.3 is 15.8 Å². The molecule has 1 aromatic carbocycles. The van der Waals surface area contributed by atoms with Crippen molar-refractivity contribution in [2.24, 2.45) is 5.73 Å². The van der Waals surface area contributed by atoms with Crippen LogP contribution >= 0.6 is 0 Å². The summed E-state index contributed by atoms with van der Waals surface area (Å²) in [4.78, 5) is 11.8. The number of amides is 1. The Morgan fingerprint density at radius 3 is 2.89 bits per heavy atom. The Morgan fingerprint density at radius 1 is 1.47 bits per heavy atom. The Balaban J connectivity index is 2.63. The Kier molecular flexibility index (Phi) is 6.65. The monoisotopic (exact) mass is 260 g/mol. The number of nitrogens with one attached hydrogen (secondary N) is 1. The lowest BCUT2D eigenvalue weighted by molar-refractivity contribution is -0.116. The molecule has 102 valence electrons. The summed E-state index contributed by atoms with van der Waals surface area (Å²) < 4.78 is 5.11. The largest absolute Gasteiger partial charge is 0.382 e. The normalized spacial score (nSPS) is 11.3. The highest BCUT2D eigenvalue weighted by atomic mass is 16.5. The van der Waals surface area contributed by atoms with Crippen LogP contribution in [0.15, 0.2) is 24.3 Å². The van der Waals surface area contributed by atoms with Gasteiger partial charge in [-0.15, -0.1) is 0 Å². The molecule has 0 spiro atoms. The average Bonchev–Trinajstić information content (AvgIpc) is 2.43. The Labute approximate surface area is 114 Å². The van der Waals surface area contributed by atoms with Gasteiger partial charge in [-0.1, -0.05) is 24.0 Å². The summed E-state index contributed by atoms with van der Waals surface area (Å²) in [5.74, 6) is 5.69. The molecule has 1 rings (SSSR count). The first kappa shape index (κ1) is 15.2. The molecule has 4 heteroatoms. The molecule has 1 unspecified atom stereocenters. The van der Waals surface area contributed by atoms with Gasteiger partial charge in [-0.3, -0.25) is 4.79 Å². The lowest BCUT2D eigenvalue weighted by atomic mass is 10.1. The van der Waals surface area contributed by atoms with E-state index in [1.807, 2.05) is 31.2 Å². The highest BCUT2D eigenvalue weighted by Gasteiger charge is 2.07. The van der Waals surface area contributed by atoms with Crippen molar-refractivity contribution < 1.29 is 9.53 Å². The van der Waals surface area contributed by atoms with Crippen LogP contribution in [0.2, 0.25) is 0 Å². The summed E-state index contributed by atoms with van der Waals surface area (Å²) in [6.45, 7) is 2.24. The molecular formula is C15H20N2O2. The number of benzene rings is 1. The smallest absolute Gasteiger partial charge is 0.224 e. The van der Waals surface area contributed by atoms with Gasteiger partial charge in [0.05, 0.1) is 18.3 Å². The number of rotatable bonds is 5. The second-order valence-electron chi connectivity index (χ2n) is 4.18. The number of methoxy groups -OCH3 is 1. The van der Waals surface area contributed by atoms with E-state index in [-0.39, 0.29) is 12.0 Å². The molecule has 19 heavy (non-hydrogen) atoms. The zero-order valence-corrected chi connectivity index (χ0v) is 11.4. The first-order valence-electron chi connectivity index (χ1n) is 6.28. The van der Waals surface area contributed by atoms with Crippen LogP contribution in [0.4, 0.5) is 5.69 Å². The highest BCUT2D eigenvalue weighted by Crippen LogP contribution is 2.14. The molecule has 0 aromatic heterocycles. The van der Waals surface area contributed by atoms with Crippen LogP contribution in [0.5, 0.6) is 0 Å². The Bertz CT molecular complexity index is 475. The lowest BCUT2D eigenvalue weighted by Gasteiger charge is -2.10. The van der Waals surface area contributed by atoms with E-state index in [1.165, 1.54) is 0 Å². The van der Waals surface area contributed by atoms with Crippen molar-refractivity contribution in [3.63, 3.8) is 0 Å². The minimum atomic E-state index is -0.0362. The van der Waals surface area contributed by atoms with E-state index in [9.17, 15) is 4.79 Å². The molecule has 0 saturated heterocycles. The van der Waals surface area contributed by atoms with Crippen LogP contribution in [0.1, 0.15) is 25.3 Å². The van der Waals surface area contributed by atoms with Crippen LogP contribution in [0.3, 0.4) is 0 Å². The number of ether oxygens (including phenoxy) is 1. The number of hydrogen-bond acceptors (Lipinski definition) is 3. The Hall–Kier alpha value is -1.83. The van der Waals surface area contributed by atoms with Gasteiger partial charge in [0.15, 0.2) is 0 Å². The van der Waals surface area contributed by atoms with Crippen molar-refractivity contribution in [3.8, 4) is 11.8 Å². The van der Waals surface area contributed by atoms with Crippen LogP contribution in [0, 0.1) is 11.8 Å². The standard InChI is InChI=1S/C15H20N2O2/c1-12(19-2)9-10-15(18)17-14-8-4-3-6-13(14)7-5-11-16/h3-4,6,8,12H,9-11,16H2,1-2H3,(H,17,18). The molecule has 0 heterocycles. The molecule has 4 nitrogen and oxygen atoms in total. The van der Waals surface area contributed by atoms with E-state index in [4.69, 9.17) is 10.5 Å². The van der Waals surface area contributed by atoms with Crippen molar-refractivity contribution in [2.45, 2.75) is 25.9 Å². The maximum absolute atomic E-state index is 11.8. The van der Waals surface area contributed by atoms with E-state index in [0.29, 0.717) is 19.4 Å². The van der Waals surface area contributed by atoms with Crippen LogP contribution < -0.4 is 11.1 Å². The fraction of sp³-hybridized carbons (Fsp3) is 0.400. The predicted molar refractivity (Wildman–Crippen MR) is 76.7 cm³/mol. The lowest BCUT2D eigenvalue weighted by Crippen LogP contribution is -2.15. The van der Waals surface area contributed by atoms with Gasteiger partial charge in [0.2, 0.25) is 5.91 Å². The molecule has 1 atom stereocenters. The summed E-state index contributed by atoms with van der Waals surface area (Å²) in [5.41, 5.74) is 6.85. The molecule has 0 fully saturated rings. The fourth-order valence-electron chi connectivity index (χ4n) is 1.51. The molecule has 0 saturated carbocycles. The molecule has 3 N–H and O–H groups in total. The highest BCUT2D eigenvalue weighted by molar-refractivity contribution is 5.92. The maximum Gasteiger partial charge on any atom is 0.224 e. The number of para-hydroxylation sites is 1. The maximum atomic E-state index is 11.8. The number of carbonyl (C=O) groups excluding carboxylic acids is 1. The third-order valence-electron chi connectivity index (χ3n) is 2.71. The van der Waals surface area contributed by atoms with Crippen LogP contribution in [-0.2, 0) is 9.53 Å². The van der Waals surface area contributed by atoms with Crippen LogP contribution in [-0.4, -0.2) is 25.7 Å². The van der Waals surface area contributed by atoms with Crippen molar-refractivity contribution in [1.29, 1.82) is 0 Å². The first-order valence-corrected chi connectivity index (χ1v) is 6.28. The molecule has 0 aliphatic rings. The minimum absolute atomic E-state index is 0.0362. The van der Waals surface area contributed by atoms with Crippen molar-refractivity contribution in [1.82, 2.24) is 0 Å². The number of nitrogens with two attached hydrogens (primary N) is 1. The molecule has 0 aliphatic heterocycles. The SMILES string of the molecule is COC(C)CCC(=O)Nc1ccccc1C#CCN. The number of anilines is 1. The molecule has 1 amide bonds. The summed E-state index contributed by atoms with van der Waals surface area (Å²) in [7, 11) is 1.64. The topological polar surface area (TPSA) is 64.3 Å². The Morgan fingerprint density at radius 2 is 2.21 bits per heavy atom. The minimum Gasteiger partial charge on any atom is -0.382 e. The van der Waals surface area contributed by atoms with E-state index in [1.54, 1.807) is 7.11 Å². The van der Waals surface area contributed by atoms with Crippen molar-refractivity contribution in [2.75, 3.05) is 19.0 Å². The average molecular weight is 260 g/mol. The van der Waals surface area contributed by atoms with Gasteiger partial charge in [0.25, 0.3) is 0 Å². The quantitative estimate of drug-likeness (QED) is 0.793. The van der Waals surface area contributed by atoms with E-state index >= 15 is 0 Å². The van der Waals surface area contributed by atoms with Crippen molar-refractivity contribution in [3.05, 3.63) is 29.8 Å². The molecule has 0 radical (unpaired) electrons. The van der Waals surface area contributed by atoms with E-state index in [0.717, 1.165) is 11.3 Å². The predicted octanol–water partition coefficient (Wildman–Crippen LogP) is 1.75. The van der Waals surface area contributed by atoms with Gasteiger partial charge in [-0.25, -0.2) is 0 Å². The fourth-order valence-corrected chi connectivity index (χ4v) is 1.51. The summed E-state index contributed by atoms with van der Waals surface area (Å²) in [6, 6.07) is 7.43. The van der Waals surface area contributed by atoms with E-state index in [2.05, 4.69) is 17.2 Å². The molecule has 1 aromatic rings. The zero-order valence-electron chi connectivity index (χ0n) is 11.4. The van der Waals surface area contributed by atoms with Gasteiger partial charge in [0, 0.05) is 19.1 Å². The molecule has 0 aliphatic carbocycles. The van der Waals surface area contributed by atoms with Crippen LogP contribution in [0.25, 0.3) is 0 Å². The molecular weight excluding hydrogens is 240 g/mol. The van der Waals surface area contributed by atoms with Gasteiger partial charge >= 0.3 is 0 Å². The summed E-state index contributed by atoms with van der Waals surface area (Å²) >= 11 is 0. The second-order valence-corrected chi connectivity index (χ2v) is 4.18. The third-order valence-corrected chi connectivity index (χ3v) is 2.71. The molecule has 0 bridgehead atoms. The number of carbonyl (C=O) groups is 1. The van der Waals surface area contributed by atoms with Gasteiger partial charge in [-0.05, 0) is 25.5 Å².